The highest BCUT2D eigenvalue weighted by Crippen LogP contribution is 2.15. The largest absolute Gasteiger partial charge is 0.545 e. The predicted octanol–water partition coefficient (Wildman–Crippen LogP) is 21.0. The topological polar surface area (TPSA) is 111 Å². The minimum absolute atomic E-state index is 0.125. The van der Waals surface area contributed by atoms with Gasteiger partial charge in [-0.15, -0.1) is 0 Å². The summed E-state index contributed by atoms with van der Waals surface area (Å²) in [5.74, 6) is -2.39. The van der Waals surface area contributed by atoms with Crippen LogP contribution in [0.25, 0.3) is 0 Å². The summed E-state index contributed by atoms with van der Waals surface area (Å²) < 4.78 is 22.7. The van der Waals surface area contributed by atoms with Crippen molar-refractivity contribution in [3.05, 3.63) is 207 Å². The summed E-state index contributed by atoms with van der Waals surface area (Å²) in [6.45, 7) is 4.42. The molecule has 0 aromatic carbocycles. The predicted molar refractivity (Wildman–Crippen MR) is 388 cm³/mol. The number of ether oxygens (including phenoxy) is 4. The smallest absolute Gasteiger partial charge is 0.306 e. The number of likely N-dealkylation sites (N-methyl/N-ethyl adjacent to an activating group) is 1. The number of aliphatic carboxylic acids is 1. The van der Waals surface area contributed by atoms with E-state index in [-0.39, 0.29) is 38.6 Å². The second-order valence-electron chi connectivity index (χ2n) is 23.7. The fourth-order valence-electron chi connectivity index (χ4n) is 8.73. The Labute approximate surface area is 556 Å². The van der Waals surface area contributed by atoms with Gasteiger partial charge in [0.25, 0.3) is 0 Å². The number of carboxylic acid groups (broad SMARTS) is 1. The molecule has 0 radical (unpaired) electrons. The molecule has 91 heavy (non-hydrogen) atoms. The Morgan fingerprint density at radius 3 is 0.912 bits per heavy atom. The summed E-state index contributed by atoms with van der Waals surface area (Å²) in [6, 6.07) is 0. The number of esters is 2. The Bertz CT molecular complexity index is 2250. The standard InChI is InChI=1S/C82H127NO8/c1-6-8-10-12-14-16-18-20-22-24-26-28-30-32-34-36-37-38-39-40-41-42-43-45-46-48-50-52-54-56-58-60-62-64-66-68-70-72-79(84)89-76-78(77-90-82(81(86)87)88-75-74-83(3,4)5)91-80(85)73-71-69-67-65-63-61-59-57-55-53-51-49-47-44-35-33-31-29-27-25-23-21-19-17-15-13-11-9-7-2/h8-11,14-17,20-23,26-29,32-35,37-38,40-41,43,45,47,49,53,55,59,61,65,67,78,82H,6-7,12-13,18-19,24-25,30-31,36,39,42,44,46,48,50-52,54,56-58,60,62-64,66,68-77H2,1-5H3/b10-8-,11-9-,16-14-,17-15-,22-20-,23-21-,28-26-,29-27-,34-32-,35-33-,38-37-,41-40-,45-43-,49-47-,55-53-,61-59-,67-65-. The molecule has 0 spiro atoms. The molecule has 0 rings (SSSR count). The van der Waals surface area contributed by atoms with Gasteiger partial charge in [0.1, 0.15) is 13.2 Å². The lowest BCUT2D eigenvalue weighted by atomic mass is 10.0. The third kappa shape index (κ3) is 71.2. The Morgan fingerprint density at radius 1 is 0.330 bits per heavy atom. The Balaban J connectivity index is 4.26. The molecule has 9 heteroatoms. The van der Waals surface area contributed by atoms with E-state index in [9.17, 15) is 19.5 Å². The third-order valence-corrected chi connectivity index (χ3v) is 14.0. The number of nitrogens with zero attached hydrogens (tertiary/aromatic N) is 1. The zero-order valence-electron chi connectivity index (χ0n) is 57.9. The van der Waals surface area contributed by atoms with Crippen LogP contribution in [0.2, 0.25) is 0 Å². The molecule has 0 fully saturated rings. The maximum absolute atomic E-state index is 12.9. The van der Waals surface area contributed by atoms with Crippen molar-refractivity contribution >= 4 is 17.9 Å². The first kappa shape index (κ1) is 84.9. The Kier molecular flexibility index (Phi) is 65.1. The quantitative estimate of drug-likeness (QED) is 0.0195. The zero-order valence-corrected chi connectivity index (χ0v) is 57.9. The summed E-state index contributed by atoms with van der Waals surface area (Å²) >= 11 is 0. The first-order chi connectivity index (χ1) is 44.6. The average Bonchev–Trinajstić information content (AvgIpc) is 3.66. The van der Waals surface area contributed by atoms with Crippen LogP contribution in [0.4, 0.5) is 0 Å². The fourth-order valence-corrected chi connectivity index (χ4v) is 8.73. The summed E-state index contributed by atoms with van der Waals surface area (Å²) in [7, 11) is 5.89. The van der Waals surface area contributed by atoms with Crippen molar-refractivity contribution < 1.29 is 42.9 Å². The number of hydrogen-bond acceptors (Lipinski definition) is 8. The second kappa shape index (κ2) is 69.8. The lowest BCUT2D eigenvalue weighted by Crippen LogP contribution is -2.44. The number of allylic oxidation sites excluding steroid dienone is 34. The molecule has 508 valence electrons. The average molecular weight is 1250 g/mol. The van der Waals surface area contributed by atoms with Gasteiger partial charge in [-0.1, -0.05) is 285 Å². The van der Waals surface area contributed by atoms with E-state index >= 15 is 0 Å². The number of carboxylic acids is 1. The molecule has 0 aliphatic rings. The second-order valence-corrected chi connectivity index (χ2v) is 23.7. The molecule has 2 atom stereocenters. The van der Waals surface area contributed by atoms with Gasteiger partial charge in [0, 0.05) is 12.8 Å². The fraction of sp³-hybridized carbons (Fsp3) is 0.549. The molecule has 0 N–H and O–H groups in total. The van der Waals surface area contributed by atoms with E-state index in [0.29, 0.717) is 23.9 Å². The van der Waals surface area contributed by atoms with Crippen LogP contribution < -0.4 is 5.11 Å². The van der Waals surface area contributed by atoms with E-state index in [4.69, 9.17) is 18.9 Å². The highest BCUT2D eigenvalue weighted by molar-refractivity contribution is 5.70. The maximum atomic E-state index is 12.9. The van der Waals surface area contributed by atoms with Crippen LogP contribution >= 0.6 is 0 Å². The number of carbonyl (C=O) groups is 3. The van der Waals surface area contributed by atoms with Gasteiger partial charge >= 0.3 is 11.9 Å². The van der Waals surface area contributed by atoms with Crippen LogP contribution in [0.3, 0.4) is 0 Å². The van der Waals surface area contributed by atoms with Gasteiger partial charge in [-0.3, -0.25) is 9.59 Å². The molecule has 9 nitrogen and oxygen atoms in total. The van der Waals surface area contributed by atoms with E-state index < -0.39 is 24.3 Å². The van der Waals surface area contributed by atoms with E-state index in [1.807, 2.05) is 21.1 Å². The molecular weight excluding hydrogens is 1130 g/mol. The molecule has 0 aliphatic heterocycles. The number of quaternary nitrogens is 1. The van der Waals surface area contributed by atoms with Crippen LogP contribution in [0.1, 0.15) is 232 Å². The van der Waals surface area contributed by atoms with Crippen molar-refractivity contribution in [1.29, 1.82) is 0 Å². The normalized spacial score (nSPS) is 14.0. The highest BCUT2D eigenvalue weighted by Gasteiger charge is 2.22. The zero-order chi connectivity index (χ0) is 66.1. The Hall–Kier alpha value is -6.13. The molecule has 0 aliphatic carbocycles. The third-order valence-electron chi connectivity index (χ3n) is 14.0. The molecule has 0 bridgehead atoms. The molecule has 0 heterocycles. The van der Waals surface area contributed by atoms with Gasteiger partial charge < -0.3 is 33.3 Å². The number of rotatable bonds is 62. The molecular formula is C82H127NO8. The van der Waals surface area contributed by atoms with E-state index in [1.165, 1.54) is 51.4 Å². The summed E-state index contributed by atoms with van der Waals surface area (Å²) in [5.41, 5.74) is 0. The van der Waals surface area contributed by atoms with Crippen molar-refractivity contribution in [2.75, 3.05) is 47.5 Å². The molecule has 0 aromatic heterocycles. The molecule has 0 amide bonds. The number of unbranched alkanes of at least 4 members (excludes halogenated alkanes) is 13. The van der Waals surface area contributed by atoms with Crippen molar-refractivity contribution in [1.82, 2.24) is 0 Å². The van der Waals surface area contributed by atoms with Gasteiger partial charge in [-0.25, -0.2) is 0 Å². The van der Waals surface area contributed by atoms with Crippen LogP contribution in [0.15, 0.2) is 207 Å². The van der Waals surface area contributed by atoms with Gasteiger partial charge in [0.05, 0.1) is 40.3 Å². The minimum atomic E-state index is -1.65. The van der Waals surface area contributed by atoms with E-state index in [0.717, 1.165) is 141 Å². The van der Waals surface area contributed by atoms with Crippen LogP contribution in [-0.4, -0.2) is 82.3 Å². The van der Waals surface area contributed by atoms with Crippen molar-refractivity contribution in [3.63, 3.8) is 0 Å². The first-order valence-corrected chi connectivity index (χ1v) is 35.2. The lowest BCUT2D eigenvalue weighted by Gasteiger charge is -2.26. The lowest BCUT2D eigenvalue weighted by molar-refractivity contribution is -0.870. The van der Waals surface area contributed by atoms with Gasteiger partial charge in [0.2, 0.25) is 0 Å². The van der Waals surface area contributed by atoms with Crippen molar-refractivity contribution in [2.45, 2.75) is 245 Å². The summed E-state index contributed by atoms with van der Waals surface area (Å²) in [5, 5.41) is 11.8. The minimum Gasteiger partial charge on any atom is -0.545 e. The molecule has 0 saturated carbocycles. The van der Waals surface area contributed by atoms with Gasteiger partial charge in [0.15, 0.2) is 12.4 Å². The van der Waals surface area contributed by atoms with Gasteiger partial charge in [-0.2, -0.15) is 0 Å². The SMILES string of the molecule is CC/C=C\C/C=C\C/C=C\C/C=C\C/C=C\C/C=C\C/C=C\C/C=C\C/C=C\CCCC(=O)OC(COC(=O)CCCCCCCCCCCCCC/C=C\C/C=C\C/C=C\C/C=C\C/C=C\C/C=C\C/C=C\C/C=C\CC)COC(OCC[N+](C)(C)C)C(=O)[O-]. The van der Waals surface area contributed by atoms with Crippen LogP contribution in [-0.2, 0) is 33.3 Å². The van der Waals surface area contributed by atoms with Gasteiger partial charge in [-0.05, 0) is 141 Å². The van der Waals surface area contributed by atoms with E-state index in [2.05, 4.69) is 220 Å². The maximum Gasteiger partial charge on any atom is 0.306 e. The monoisotopic (exact) mass is 1250 g/mol. The van der Waals surface area contributed by atoms with Crippen LogP contribution in [0.5, 0.6) is 0 Å². The Morgan fingerprint density at radius 2 is 0.604 bits per heavy atom. The number of hydrogen-bond donors (Lipinski definition) is 0. The first-order valence-electron chi connectivity index (χ1n) is 35.2. The molecule has 0 saturated heterocycles. The summed E-state index contributed by atoms with van der Waals surface area (Å²) in [4.78, 5) is 37.5. The highest BCUT2D eigenvalue weighted by atomic mass is 16.7. The molecule has 2 unspecified atom stereocenters. The van der Waals surface area contributed by atoms with Crippen LogP contribution in [0, 0.1) is 0 Å². The molecule has 0 aromatic rings. The van der Waals surface area contributed by atoms with Crippen molar-refractivity contribution in [3.8, 4) is 0 Å². The summed E-state index contributed by atoms with van der Waals surface area (Å²) in [6.07, 6.45) is 106. The number of carbonyl (C=O) groups excluding carboxylic acids is 3. The van der Waals surface area contributed by atoms with Crippen molar-refractivity contribution in [2.24, 2.45) is 0 Å². The van der Waals surface area contributed by atoms with E-state index in [1.54, 1.807) is 0 Å².